The molecule has 0 radical (unpaired) electrons. The smallest absolute Gasteiger partial charge is 0.185 e. The Balaban J connectivity index is 3.24. The Labute approximate surface area is 112 Å². The van der Waals surface area contributed by atoms with Crippen molar-refractivity contribution >= 4 is 9.84 Å². The maximum absolute atomic E-state index is 13.6. The molecule has 0 heterocycles. The van der Waals surface area contributed by atoms with Crippen LogP contribution in [0.2, 0.25) is 0 Å². The Morgan fingerprint density at radius 3 is 2.42 bits per heavy atom. The molecule has 1 aromatic carbocycles. The predicted molar refractivity (Wildman–Crippen MR) is 70.5 cm³/mol. The summed E-state index contributed by atoms with van der Waals surface area (Å²) in [5.74, 6) is -1.72. The van der Waals surface area contributed by atoms with Gasteiger partial charge >= 0.3 is 0 Å². The predicted octanol–water partition coefficient (Wildman–Crippen LogP) is 2.64. The number of sulfone groups is 1. The summed E-state index contributed by atoms with van der Waals surface area (Å²) in [5, 5.41) is -0.899. The minimum absolute atomic E-state index is 0.263. The van der Waals surface area contributed by atoms with Crippen molar-refractivity contribution in [3.05, 3.63) is 29.8 Å². The summed E-state index contributed by atoms with van der Waals surface area (Å²) in [6.45, 7) is 3.57. The van der Waals surface area contributed by atoms with Gasteiger partial charge in [-0.05, 0) is 31.0 Å². The Bertz CT molecular complexity index is 531. The molecule has 0 aliphatic heterocycles. The second kappa shape index (κ2) is 6.43. The van der Waals surface area contributed by atoms with E-state index in [0.717, 1.165) is 18.6 Å². The molecule has 108 valence electrons. The van der Waals surface area contributed by atoms with Crippen LogP contribution in [0.15, 0.2) is 23.1 Å². The first-order chi connectivity index (χ1) is 8.84. The molecule has 0 aliphatic rings. The fraction of sp³-hybridized carbons (Fsp3) is 0.538. The van der Waals surface area contributed by atoms with Crippen molar-refractivity contribution in [2.45, 2.75) is 49.3 Å². The number of nitrogens with two attached hydrogens (primary N) is 1. The highest BCUT2D eigenvalue weighted by molar-refractivity contribution is 7.92. The van der Waals surface area contributed by atoms with Gasteiger partial charge in [0.1, 0.15) is 16.5 Å². The Hall–Kier alpha value is -1.01. The monoisotopic (exact) mass is 291 g/mol. The fourth-order valence-electron chi connectivity index (χ4n) is 2.13. The summed E-state index contributed by atoms with van der Waals surface area (Å²) < 4.78 is 51.5. The molecule has 0 spiro atoms. The zero-order chi connectivity index (χ0) is 14.6. The van der Waals surface area contributed by atoms with E-state index in [0.29, 0.717) is 12.5 Å². The number of benzene rings is 1. The van der Waals surface area contributed by atoms with Gasteiger partial charge in [0.15, 0.2) is 9.84 Å². The lowest BCUT2D eigenvalue weighted by atomic mass is 10.1. The van der Waals surface area contributed by atoms with Crippen LogP contribution in [0.3, 0.4) is 0 Å². The number of rotatable bonds is 6. The molecule has 0 fully saturated rings. The van der Waals surface area contributed by atoms with Crippen LogP contribution < -0.4 is 5.73 Å². The van der Waals surface area contributed by atoms with Gasteiger partial charge in [0, 0.05) is 6.04 Å². The van der Waals surface area contributed by atoms with Crippen LogP contribution >= 0.6 is 0 Å². The fourth-order valence-corrected chi connectivity index (χ4v) is 4.11. The second-order valence-electron chi connectivity index (χ2n) is 4.52. The van der Waals surface area contributed by atoms with Gasteiger partial charge in [-0.1, -0.05) is 20.3 Å². The van der Waals surface area contributed by atoms with Crippen molar-refractivity contribution in [3.8, 4) is 0 Å². The van der Waals surface area contributed by atoms with E-state index < -0.39 is 37.7 Å². The van der Waals surface area contributed by atoms with Crippen molar-refractivity contribution in [1.82, 2.24) is 0 Å². The molecule has 2 atom stereocenters. The van der Waals surface area contributed by atoms with Crippen molar-refractivity contribution in [2.75, 3.05) is 0 Å². The molecule has 6 heteroatoms. The van der Waals surface area contributed by atoms with Crippen molar-refractivity contribution in [2.24, 2.45) is 5.73 Å². The summed E-state index contributed by atoms with van der Waals surface area (Å²) in [6.07, 6.45) is 1.52. The molecule has 0 aromatic heterocycles. The van der Waals surface area contributed by atoms with Crippen molar-refractivity contribution < 1.29 is 17.2 Å². The quantitative estimate of drug-likeness (QED) is 0.876. The number of hydrogen-bond acceptors (Lipinski definition) is 3. The number of hydrogen-bond donors (Lipinski definition) is 1. The summed E-state index contributed by atoms with van der Waals surface area (Å²) in [6, 6.07) is 1.84. The average molecular weight is 291 g/mol. The van der Waals surface area contributed by atoms with Crippen molar-refractivity contribution in [1.29, 1.82) is 0 Å². The Kier molecular flexibility index (Phi) is 5.43. The van der Waals surface area contributed by atoms with Crippen LogP contribution in [0, 0.1) is 11.6 Å². The lowest BCUT2D eigenvalue weighted by Crippen LogP contribution is -2.40. The largest absolute Gasteiger partial charge is 0.327 e. The van der Waals surface area contributed by atoms with Crippen LogP contribution in [-0.4, -0.2) is 19.7 Å². The molecule has 0 bridgehead atoms. The van der Waals surface area contributed by atoms with Crippen molar-refractivity contribution in [3.63, 3.8) is 0 Å². The molecule has 0 aliphatic carbocycles. The van der Waals surface area contributed by atoms with Crippen LogP contribution in [-0.2, 0) is 9.84 Å². The van der Waals surface area contributed by atoms with Crippen LogP contribution in [0.25, 0.3) is 0 Å². The molecular formula is C13H19F2NO2S. The highest BCUT2D eigenvalue weighted by Gasteiger charge is 2.33. The van der Waals surface area contributed by atoms with Gasteiger partial charge in [0.25, 0.3) is 0 Å². The van der Waals surface area contributed by atoms with E-state index in [9.17, 15) is 17.2 Å². The van der Waals surface area contributed by atoms with Gasteiger partial charge in [0.05, 0.1) is 5.25 Å². The SMILES string of the molecule is CCCC(N)C(CC)S(=O)(=O)c1cc(F)ccc1F. The van der Waals surface area contributed by atoms with E-state index in [1.807, 2.05) is 6.92 Å². The summed E-state index contributed by atoms with van der Waals surface area (Å²) in [4.78, 5) is -0.606. The summed E-state index contributed by atoms with van der Waals surface area (Å²) >= 11 is 0. The van der Waals surface area contributed by atoms with E-state index in [1.54, 1.807) is 6.92 Å². The van der Waals surface area contributed by atoms with Gasteiger partial charge in [-0.3, -0.25) is 0 Å². The third-order valence-corrected chi connectivity index (χ3v) is 5.51. The van der Waals surface area contributed by atoms with Gasteiger partial charge in [-0.25, -0.2) is 17.2 Å². The molecular weight excluding hydrogens is 272 g/mol. The van der Waals surface area contributed by atoms with E-state index in [4.69, 9.17) is 5.73 Å². The molecule has 1 rings (SSSR count). The average Bonchev–Trinajstić information content (AvgIpc) is 2.33. The molecule has 3 nitrogen and oxygen atoms in total. The zero-order valence-corrected chi connectivity index (χ0v) is 11.9. The molecule has 0 amide bonds. The third kappa shape index (κ3) is 3.51. The highest BCUT2D eigenvalue weighted by atomic mass is 32.2. The molecule has 0 saturated carbocycles. The molecule has 2 N–H and O–H groups in total. The minimum atomic E-state index is -3.97. The van der Waals surface area contributed by atoms with Crippen LogP contribution in [0.1, 0.15) is 33.1 Å². The molecule has 1 aromatic rings. The second-order valence-corrected chi connectivity index (χ2v) is 6.65. The number of halogens is 2. The van der Waals surface area contributed by atoms with E-state index in [2.05, 4.69) is 0 Å². The molecule has 0 saturated heterocycles. The van der Waals surface area contributed by atoms with Crippen LogP contribution in [0.4, 0.5) is 8.78 Å². The normalized spacial score (nSPS) is 15.2. The topological polar surface area (TPSA) is 60.2 Å². The lowest BCUT2D eigenvalue weighted by Gasteiger charge is -2.22. The summed E-state index contributed by atoms with van der Waals surface area (Å²) in [7, 11) is -3.97. The Morgan fingerprint density at radius 1 is 1.26 bits per heavy atom. The standard InChI is InChI=1S/C13H19F2NO2S/c1-3-5-11(16)12(4-2)19(17,18)13-8-9(14)6-7-10(13)15/h6-8,11-12H,3-5,16H2,1-2H3. The van der Waals surface area contributed by atoms with Gasteiger partial charge < -0.3 is 5.73 Å². The molecule has 2 unspecified atom stereocenters. The van der Waals surface area contributed by atoms with Gasteiger partial charge in [-0.2, -0.15) is 0 Å². The van der Waals surface area contributed by atoms with E-state index >= 15 is 0 Å². The highest BCUT2D eigenvalue weighted by Crippen LogP contribution is 2.25. The first-order valence-corrected chi connectivity index (χ1v) is 7.83. The zero-order valence-electron chi connectivity index (χ0n) is 11.1. The third-order valence-electron chi connectivity index (χ3n) is 3.10. The van der Waals surface area contributed by atoms with E-state index in [-0.39, 0.29) is 6.42 Å². The van der Waals surface area contributed by atoms with Crippen LogP contribution in [0.5, 0.6) is 0 Å². The van der Waals surface area contributed by atoms with Gasteiger partial charge in [0.2, 0.25) is 0 Å². The first kappa shape index (κ1) is 16.0. The summed E-state index contributed by atoms with van der Waals surface area (Å²) in [5.41, 5.74) is 5.86. The maximum atomic E-state index is 13.6. The molecule has 19 heavy (non-hydrogen) atoms. The lowest BCUT2D eigenvalue weighted by molar-refractivity contribution is 0.506. The maximum Gasteiger partial charge on any atom is 0.185 e. The Morgan fingerprint density at radius 2 is 1.89 bits per heavy atom. The minimum Gasteiger partial charge on any atom is -0.327 e. The first-order valence-electron chi connectivity index (χ1n) is 6.29. The van der Waals surface area contributed by atoms with E-state index in [1.165, 1.54) is 0 Å². The van der Waals surface area contributed by atoms with Gasteiger partial charge in [-0.15, -0.1) is 0 Å².